The summed E-state index contributed by atoms with van der Waals surface area (Å²) in [5, 5.41) is 19.2. The van der Waals surface area contributed by atoms with Crippen LogP contribution in [0.25, 0.3) is 0 Å². The Morgan fingerprint density at radius 2 is 1.50 bits per heavy atom. The van der Waals surface area contributed by atoms with E-state index in [1.54, 1.807) is 0 Å². The van der Waals surface area contributed by atoms with Gasteiger partial charge in [0.2, 0.25) is 0 Å². The molecule has 0 unspecified atom stereocenters. The summed E-state index contributed by atoms with van der Waals surface area (Å²) in [6.07, 6.45) is 2.76. The van der Waals surface area contributed by atoms with E-state index in [1.807, 2.05) is 0 Å². The highest BCUT2D eigenvalue weighted by Gasteiger charge is 2.41. The Hall–Kier alpha value is 0.0938. The summed E-state index contributed by atoms with van der Waals surface area (Å²) in [6.45, 7) is 14.5. The summed E-state index contributed by atoms with van der Waals surface area (Å²) in [5.74, 6) is 0. The van der Waals surface area contributed by atoms with Crippen molar-refractivity contribution in [3.8, 4) is 0 Å². The Kier molecular flexibility index (Phi) is 6.78. The van der Waals surface area contributed by atoms with E-state index >= 15 is 0 Å². The highest BCUT2D eigenvalue weighted by atomic mass is 29.3. The summed E-state index contributed by atoms with van der Waals surface area (Å²) < 4.78 is 0. The number of aliphatic hydroxyl groups excluding tert-OH is 2. The molecule has 0 aromatic carbocycles. The lowest BCUT2D eigenvalue weighted by Crippen LogP contribution is -2.56. The summed E-state index contributed by atoms with van der Waals surface area (Å²) in [6, 6.07) is 1.20. The van der Waals surface area contributed by atoms with E-state index in [1.165, 1.54) is 11.2 Å². The first-order chi connectivity index (χ1) is 7.29. The van der Waals surface area contributed by atoms with Crippen LogP contribution in [-0.2, 0) is 0 Å². The highest BCUT2D eigenvalue weighted by molar-refractivity contribution is 7.43. The molecule has 0 spiro atoms. The van der Waals surface area contributed by atoms with Crippen LogP contribution >= 0.6 is 0 Å². The predicted molar refractivity (Wildman–Crippen MR) is 76.9 cm³/mol. The second-order valence-corrected chi connectivity index (χ2v) is 21.8. The minimum Gasteiger partial charge on any atom is -0.396 e. The van der Waals surface area contributed by atoms with Gasteiger partial charge >= 0.3 is 0 Å². The molecular weight excluding hydrogens is 232 g/mol. The van der Waals surface area contributed by atoms with Crippen molar-refractivity contribution in [1.29, 1.82) is 0 Å². The van der Waals surface area contributed by atoms with Crippen molar-refractivity contribution in [3.63, 3.8) is 0 Å². The fourth-order valence-corrected chi connectivity index (χ4v) is 11.0. The number of allylic oxidation sites excluding steroid dienone is 1. The Labute approximate surface area is 102 Å². The molecule has 0 aromatic heterocycles. The number of rotatable bonds is 8. The summed E-state index contributed by atoms with van der Waals surface area (Å²) in [5.41, 5.74) is 0. The average molecular weight is 261 g/mol. The summed E-state index contributed by atoms with van der Waals surface area (Å²) >= 11 is 0. The van der Waals surface area contributed by atoms with Gasteiger partial charge in [0, 0.05) is 20.8 Å². The van der Waals surface area contributed by atoms with E-state index in [0.29, 0.717) is 6.61 Å². The molecule has 0 atom stereocenters. The largest absolute Gasteiger partial charge is 0.396 e. The monoisotopic (exact) mass is 260 g/mol. The quantitative estimate of drug-likeness (QED) is 0.659. The normalized spacial score (nSPS) is 12.9. The van der Waals surface area contributed by atoms with E-state index in [-0.39, 0.29) is 6.61 Å². The molecule has 4 heteroatoms. The second kappa shape index (κ2) is 6.74. The van der Waals surface area contributed by atoms with Gasteiger partial charge in [-0.05, 0) is 19.3 Å². The molecule has 0 bridgehead atoms. The molecule has 0 radical (unpaired) electrons. The van der Waals surface area contributed by atoms with E-state index in [9.17, 15) is 0 Å². The van der Waals surface area contributed by atoms with Crippen LogP contribution in [0.1, 0.15) is 19.3 Å². The predicted octanol–water partition coefficient (Wildman–Crippen LogP) is 2.73. The van der Waals surface area contributed by atoms with Gasteiger partial charge in [-0.1, -0.05) is 37.4 Å². The molecule has 96 valence electrons. The molecule has 0 heterocycles. The van der Waals surface area contributed by atoms with Crippen molar-refractivity contribution in [2.24, 2.45) is 0 Å². The minimum atomic E-state index is -1.39. The van der Waals surface area contributed by atoms with Crippen LogP contribution in [0, 0.1) is 0 Å². The van der Waals surface area contributed by atoms with Crippen LogP contribution in [0.3, 0.4) is 0 Å². The number of hydrogen-bond donors (Lipinski definition) is 2. The van der Waals surface area contributed by atoms with E-state index < -0.39 is 15.2 Å². The third-order valence-electron chi connectivity index (χ3n) is 4.17. The standard InChI is InChI=1S/C12H28O2Si2/c1-12(8-6-9-13)16(4,5)15(2,3)11-7-10-14/h13-14H,1,6-11H2,2-5H3. The van der Waals surface area contributed by atoms with Crippen molar-refractivity contribution >= 4 is 15.2 Å². The molecule has 2 N–H and O–H groups in total. The lowest BCUT2D eigenvalue weighted by atomic mass is 10.3. The zero-order chi connectivity index (χ0) is 12.8. The van der Waals surface area contributed by atoms with E-state index in [0.717, 1.165) is 19.3 Å². The summed E-state index contributed by atoms with van der Waals surface area (Å²) in [4.78, 5) is 0. The van der Waals surface area contributed by atoms with Gasteiger partial charge in [0.15, 0.2) is 0 Å². The first kappa shape index (κ1) is 16.1. The lowest BCUT2D eigenvalue weighted by molar-refractivity contribution is 0.289. The van der Waals surface area contributed by atoms with Gasteiger partial charge in [-0.25, -0.2) is 0 Å². The Morgan fingerprint density at radius 3 is 1.94 bits per heavy atom. The zero-order valence-electron chi connectivity index (χ0n) is 11.3. The van der Waals surface area contributed by atoms with Crippen LogP contribution in [-0.4, -0.2) is 38.6 Å². The SMILES string of the molecule is C=C(CCCO)[Si](C)(C)[Si](C)(C)CCCO. The second-order valence-electron chi connectivity index (χ2n) is 5.77. The molecule has 0 aliphatic carbocycles. The van der Waals surface area contributed by atoms with E-state index in [4.69, 9.17) is 10.2 Å². The summed E-state index contributed by atoms with van der Waals surface area (Å²) in [7, 11) is -2.65. The van der Waals surface area contributed by atoms with Crippen LogP contribution in [0.4, 0.5) is 0 Å². The van der Waals surface area contributed by atoms with Crippen molar-refractivity contribution in [2.75, 3.05) is 13.2 Å². The maximum atomic E-state index is 8.96. The zero-order valence-corrected chi connectivity index (χ0v) is 13.3. The molecule has 0 aromatic rings. The highest BCUT2D eigenvalue weighted by Crippen LogP contribution is 2.31. The molecular formula is C12H28O2Si2. The smallest absolute Gasteiger partial charge is 0.0680 e. The topological polar surface area (TPSA) is 40.5 Å². The molecule has 0 aliphatic heterocycles. The molecule has 0 fully saturated rings. The van der Waals surface area contributed by atoms with Gasteiger partial charge in [-0.3, -0.25) is 0 Å². The first-order valence-corrected chi connectivity index (χ1v) is 13.4. The van der Waals surface area contributed by atoms with Crippen molar-refractivity contribution < 1.29 is 10.2 Å². The molecule has 0 saturated heterocycles. The number of aliphatic hydroxyl groups is 2. The van der Waals surface area contributed by atoms with Crippen LogP contribution < -0.4 is 0 Å². The van der Waals surface area contributed by atoms with Gasteiger partial charge < -0.3 is 10.2 Å². The fraction of sp³-hybridized carbons (Fsp3) is 0.833. The molecule has 0 amide bonds. The van der Waals surface area contributed by atoms with Crippen LogP contribution in [0.5, 0.6) is 0 Å². The average Bonchev–Trinajstić information content (AvgIpc) is 2.22. The third-order valence-corrected chi connectivity index (χ3v) is 23.1. The lowest BCUT2D eigenvalue weighted by Gasteiger charge is -2.40. The Balaban J connectivity index is 4.54. The molecule has 2 nitrogen and oxygen atoms in total. The van der Waals surface area contributed by atoms with Crippen molar-refractivity contribution in [3.05, 3.63) is 11.8 Å². The molecule has 16 heavy (non-hydrogen) atoms. The van der Waals surface area contributed by atoms with E-state index in [2.05, 4.69) is 32.8 Å². The third kappa shape index (κ3) is 4.16. The fourth-order valence-electron chi connectivity index (χ4n) is 1.92. The van der Waals surface area contributed by atoms with Crippen molar-refractivity contribution in [1.82, 2.24) is 0 Å². The van der Waals surface area contributed by atoms with Gasteiger partial charge in [0.05, 0.1) is 7.59 Å². The Morgan fingerprint density at radius 1 is 1.00 bits per heavy atom. The molecule has 0 aliphatic rings. The van der Waals surface area contributed by atoms with Gasteiger partial charge in [0.1, 0.15) is 0 Å². The Bertz CT molecular complexity index is 225. The van der Waals surface area contributed by atoms with Crippen LogP contribution in [0.2, 0.25) is 32.2 Å². The van der Waals surface area contributed by atoms with Crippen LogP contribution in [0.15, 0.2) is 11.8 Å². The maximum Gasteiger partial charge on any atom is 0.0680 e. The molecule has 0 rings (SSSR count). The van der Waals surface area contributed by atoms with Gasteiger partial charge in [-0.2, -0.15) is 0 Å². The first-order valence-electron chi connectivity index (χ1n) is 6.19. The maximum absolute atomic E-state index is 8.96. The van der Waals surface area contributed by atoms with Gasteiger partial charge in [-0.15, -0.1) is 6.58 Å². The van der Waals surface area contributed by atoms with Gasteiger partial charge in [0.25, 0.3) is 0 Å². The van der Waals surface area contributed by atoms with Crippen molar-refractivity contribution in [2.45, 2.75) is 51.5 Å². The molecule has 0 saturated carbocycles. The number of hydrogen-bond acceptors (Lipinski definition) is 2. The minimum absolute atomic E-state index is 0.266.